The molecule has 0 saturated heterocycles. The average molecular weight is 221 g/mol. The molecule has 82 valence electrons. The fourth-order valence-corrected chi connectivity index (χ4v) is 1.31. The summed E-state index contributed by atoms with van der Waals surface area (Å²) in [6.07, 6.45) is 0.346. The second kappa shape index (κ2) is 3.58. The third-order valence-corrected chi connectivity index (χ3v) is 2.04. The Bertz CT molecular complexity index is 616. The van der Waals surface area contributed by atoms with Crippen LogP contribution in [0.2, 0.25) is 0 Å². The molecule has 1 heterocycles. The summed E-state index contributed by atoms with van der Waals surface area (Å²) < 4.78 is 4.83. The summed E-state index contributed by atoms with van der Waals surface area (Å²) in [5, 5.41) is 21.0. The summed E-state index contributed by atoms with van der Waals surface area (Å²) in [4.78, 5) is 21.5. The maximum absolute atomic E-state index is 11.3. The molecule has 0 aliphatic carbocycles. The number of rotatable bonds is 2. The zero-order valence-corrected chi connectivity index (χ0v) is 7.93. The highest BCUT2D eigenvalue weighted by molar-refractivity contribution is 5.85. The molecule has 6 heteroatoms. The molecule has 2 rings (SSSR count). The van der Waals surface area contributed by atoms with Crippen molar-refractivity contribution in [1.82, 2.24) is 0 Å². The number of carbonyl (C=O) groups is 1. The van der Waals surface area contributed by atoms with E-state index in [2.05, 4.69) is 5.32 Å². The molecule has 0 aliphatic rings. The second-order valence-corrected chi connectivity index (χ2v) is 3.09. The lowest BCUT2D eigenvalue weighted by Gasteiger charge is -2.02. The fraction of sp³-hybridized carbons (Fsp3) is 0. The molecule has 0 fully saturated rings. The highest BCUT2D eigenvalue weighted by atomic mass is 16.4. The van der Waals surface area contributed by atoms with Crippen LogP contribution in [0.4, 0.5) is 5.69 Å². The van der Waals surface area contributed by atoms with Crippen molar-refractivity contribution in [2.75, 3.05) is 5.32 Å². The number of hydrogen-bond acceptors (Lipinski definition) is 5. The van der Waals surface area contributed by atoms with Gasteiger partial charge in [-0.15, -0.1) is 0 Å². The lowest BCUT2D eigenvalue weighted by Crippen LogP contribution is -2.08. The first kappa shape index (κ1) is 10.0. The summed E-state index contributed by atoms with van der Waals surface area (Å²) in [7, 11) is 0. The number of anilines is 1. The molecule has 0 atom stereocenters. The van der Waals surface area contributed by atoms with E-state index in [1.54, 1.807) is 0 Å². The van der Waals surface area contributed by atoms with Gasteiger partial charge >= 0.3 is 5.63 Å². The predicted octanol–water partition coefficient (Wildman–Crippen LogP) is 0.772. The van der Waals surface area contributed by atoms with Gasteiger partial charge in [0.1, 0.15) is 11.3 Å². The van der Waals surface area contributed by atoms with Crippen molar-refractivity contribution in [2.24, 2.45) is 0 Å². The average Bonchev–Trinajstić information content (AvgIpc) is 2.23. The SMILES string of the molecule is O=CNc1cc2cc(O)c(O)cc2oc1=O. The van der Waals surface area contributed by atoms with Crippen molar-refractivity contribution < 1.29 is 19.4 Å². The molecule has 0 radical (unpaired) electrons. The molecular formula is C10H7NO5. The number of carbonyl (C=O) groups excluding carboxylic acids is 1. The van der Waals surface area contributed by atoms with E-state index in [4.69, 9.17) is 4.42 Å². The lowest BCUT2D eigenvalue weighted by atomic mass is 10.2. The first-order valence-corrected chi connectivity index (χ1v) is 4.32. The molecule has 1 amide bonds. The normalized spacial score (nSPS) is 10.2. The van der Waals surface area contributed by atoms with Crippen molar-refractivity contribution in [3.8, 4) is 11.5 Å². The van der Waals surface area contributed by atoms with Crippen molar-refractivity contribution in [1.29, 1.82) is 0 Å². The first-order chi connectivity index (χ1) is 7.61. The molecule has 0 unspecified atom stereocenters. The maximum atomic E-state index is 11.3. The van der Waals surface area contributed by atoms with Gasteiger partial charge in [-0.3, -0.25) is 4.79 Å². The predicted molar refractivity (Wildman–Crippen MR) is 55.5 cm³/mol. The lowest BCUT2D eigenvalue weighted by molar-refractivity contribution is -0.105. The van der Waals surface area contributed by atoms with Gasteiger partial charge in [-0.05, 0) is 12.1 Å². The van der Waals surface area contributed by atoms with Gasteiger partial charge < -0.3 is 19.9 Å². The minimum absolute atomic E-state index is 0.0346. The zero-order valence-electron chi connectivity index (χ0n) is 7.93. The highest BCUT2D eigenvalue weighted by Crippen LogP contribution is 2.30. The smallest absolute Gasteiger partial charge is 0.360 e. The fourth-order valence-electron chi connectivity index (χ4n) is 1.31. The first-order valence-electron chi connectivity index (χ1n) is 4.32. The molecule has 6 nitrogen and oxygen atoms in total. The quantitative estimate of drug-likeness (QED) is 0.395. The Morgan fingerprint density at radius 3 is 2.56 bits per heavy atom. The highest BCUT2D eigenvalue weighted by Gasteiger charge is 2.08. The van der Waals surface area contributed by atoms with Crippen LogP contribution >= 0.6 is 0 Å². The number of phenolic OH excluding ortho intramolecular Hbond substituents is 2. The maximum Gasteiger partial charge on any atom is 0.360 e. The van der Waals surface area contributed by atoms with Gasteiger partial charge in [0, 0.05) is 11.5 Å². The largest absolute Gasteiger partial charge is 0.504 e. The Balaban J connectivity index is 2.74. The van der Waals surface area contributed by atoms with E-state index in [1.165, 1.54) is 12.1 Å². The Morgan fingerprint density at radius 1 is 1.19 bits per heavy atom. The van der Waals surface area contributed by atoms with Gasteiger partial charge in [0.15, 0.2) is 11.5 Å². The van der Waals surface area contributed by atoms with Gasteiger partial charge in [-0.1, -0.05) is 0 Å². The molecule has 0 aliphatic heterocycles. The molecule has 1 aromatic heterocycles. The monoisotopic (exact) mass is 221 g/mol. The molecule has 2 aromatic rings. The number of phenols is 2. The van der Waals surface area contributed by atoms with Gasteiger partial charge in [0.25, 0.3) is 0 Å². The molecule has 0 bridgehead atoms. The van der Waals surface area contributed by atoms with Crippen LogP contribution in [0.3, 0.4) is 0 Å². The van der Waals surface area contributed by atoms with Crippen LogP contribution in [-0.2, 0) is 4.79 Å². The van der Waals surface area contributed by atoms with Crippen molar-refractivity contribution in [3.05, 3.63) is 28.6 Å². The van der Waals surface area contributed by atoms with Gasteiger partial charge in [0.2, 0.25) is 6.41 Å². The summed E-state index contributed by atoms with van der Waals surface area (Å²) in [6.45, 7) is 0. The molecule has 16 heavy (non-hydrogen) atoms. The van der Waals surface area contributed by atoms with Crippen molar-refractivity contribution >= 4 is 23.1 Å². The van der Waals surface area contributed by atoms with E-state index in [0.717, 1.165) is 6.07 Å². The van der Waals surface area contributed by atoms with E-state index < -0.39 is 5.63 Å². The molecule has 0 saturated carbocycles. The minimum Gasteiger partial charge on any atom is -0.504 e. The third-order valence-electron chi connectivity index (χ3n) is 2.04. The minimum atomic E-state index is -0.732. The number of benzene rings is 1. The standard InChI is InChI=1S/C10H7NO5/c12-4-11-6-1-5-2-7(13)8(14)3-9(5)16-10(6)15/h1-4,13-14H,(H,11,12). The number of hydrogen-bond donors (Lipinski definition) is 3. The summed E-state index contributed by atoms with van der Waals surface area (Å²) >= 11 is 0. The van der Waals surface area contributed by atoms with Crippen molar-refractivity contribution in [2.45, 2.75) is 0 Å². The molecule has 1 aromatic carbocycles. The van der Waals surface area contributed by atoms with Crippen LogP contribution in [0.25, 0.3) is 11.0 Å². The van der Waals surface area contributed by atoms with E-state index >= 15 is 0 Å². The van der Waals surface area contributed by atoms with Crippen LogP contribution < -0.4 is 10.9 Å². The van der Waals surface area contributed by atoms with Crippen LogP contribution in [0, 0.1) is 0 Å². The Hall–Kier alpha value is -2.50. The Morgan fingerprint density at radius 2 is 1.88 bits per heavy atom. The van der Waals surface area contributed by atoms with Gasteiger partial charge in [-0.2, -0.15) is 0 Å². The van der Waals surface area contributed by atoms with E-state index in [9.17, 15) is 19.8 Å². The van der Waals surface area contributed by atoms with Crippen molar-refractivity contribution in [3.63, 3.8) is 0 Å². The Kier molecular flexibility index (Phi) is 2.24. The third kappa shape index (κ3) is 1.56. The molecule has 0 spiro atoms. The van der Waals surface area contributed by atoms with Crippen LogP contribution in [0.5, 0.6) is 11.5 Å². The van der Waals surface area contributed by atoms with Gasteiger partial charge in [-0.25, -0.2) is 4.79 Å². The summed E-state index contributed by atoms with van der Waals surface area (Å²) in [5.41, 5.74) is -0.644. The number of aromatic hydroxyl groups is 2. The topological polar surface area (TPSA) is 99.8 Å². The molecular weight excluding hydrogens is 214 g/mol. The number of fused-ring (bicyclic) bond motifs is 1. The van der Waals surface area contributed by atoms with E-state index in [1.807, 2.05) is 0 Å². The van der Waals surface area contributed by atoms with Crippen LogP contribution in [0.1, 0.15) is 0 Å². The van der Waals surface area contributed by atoms with E-state index in [-0.39, 0.29) is 22.8 Å². The Labute approximate surface area is 88.7 Å². The van der Waals surface area contributed by atoms with Crippen LogP contribution in [-0.4, -0.2) is 16.6 Å². The summed E-state index contributed by atoms with van der Waals surface area (Å²) in [5.74, 6) is -0.717. The molecule has 3 N–H and O–H groups in total. The number of nitrogens with one attached hydrogen (secondary N) is 1. The van der Waals surface area contributed by atoms with Crippen LogP contribution in [0.15, 0.2) is 27.4 Å². The summed E-state index contributed by atoms with van der Waals surface area (Å²) in [6, 6.07) is 3.69. The number of amides is 1. The van der Waals surface area contributed by atoms with Gasteiger partial charge in [0.05, 0.1) is 0 Å². The van der Waals surface area contributed by atoms with E-state index in [0.29, 0.717) is 11.8 Å². The zero-order chi connectivity index (χ0) is 11.7. The second-order valence-electron chi connectivity index (χ2n) is 3.09.